The van der Waals surface area contributed by atoms with Crippen molar-refractivity contribution in [3.8, 4) is 0 Å². The zero-order valence-corrected chi connectivity index (χ0v) is 10.6. The van der Waals surface area contributed by atoms with Crippen LogP contribution in [0.1, 0.15) is 18.4 Å². The molecular formula is C12H16Cl2N2. The van der Waals surface area contributed by atoms with Gasteiger partial charge in [0.2, 0.25) is 0 Å². The minimum Gasteiger partial charge on any atom is -0.313 e. The Hall–Kier alpha value is -0.280. The van der Waals surface area contributed by atoms with Gasteiger partial charge in [-0.05, 0) is 37.1 Å². The highest BCUT2D eigenvalue weighted by molar-refractivity contribution is 6.42. The van der Waals surface area contributed by atoms with Crippen LogP contribution in [0.4, 0.5) is 0 Å². The third-order valence-electron chi connectivity index (χ3n) is 2.87. The largest absolute Gasteiger partial charge is 0.313 e. The van der Waals surface area contributed by atoms with Crippen LogP contribution < -0.4 is 10.6 Å². The zero-order chi connectivity index (χ0) is 11.4. The van der Waals surface area contributed by atoms with Crippen LogP contribution in [0.25, 0.3) is 0 Å². The molecule has 1 atom stereocenters. The summed E-state index contributed by atoms with van der Waals surface area (Å²) in [7, 11) is 0. The molecule has 0 amide bonds. The first-order valence-corrected chi connectivity index (χ1v) is 6.39. The first kappa shape index (κ1) is 12.2. The number of hydrogen-bond acceptors (Lipinski definition) is 2. The van der Waals surface area contributed by atoms with Crippen LogP contribution in [-0.4, -0.2) is 19.1 Å². The highest BCUT2D eigenvalue weighted by Crippen LogP contribution is 2.22. The van der Waals surface area contributed by atoms with Gasteiger partial charge in [-0.25, -0.2) is 0 Å². The standard InChI is InChI=1S/C12H16Cl2N2/c13-11-4-3-9(6-12(11)14)7-15-8-10-2-1-5-16-10/h3-4,6,10,15-16H,1-2,5,7-8H2/t10-/m1/s1. The maximum Gasteiger partial charge on any atom is 0.0595 e. The maximum absolute atomic E-state index is 5.95. The predicted molar refractivity (Wildman–Crippen MR) is 69.2 cm³/mol. The molecule has 1 aliphatic heterocycles. The summed E-state index contributed by atoms with van der Waals surface area (Å²) < 4.78 is 0. The van der Waals surface area contributed by atoms with E-state index in [1.165, 1.54) is 18.4 Å². The van der Waals surface area contributed by atoms with Gasteiger partial charge in [-0.1, -0.05) is 29.3 Å². The van der Waals surface area contributed by atoms with Gasteiger partial charge in [0, 0.05) is 19.1 Å². The van der Waals surface area contributed by atoms with Crippen molar-refractivity contribution in [3.63, 3.8) is 0 Å². The summed E-state index contributed by atoms with van der Waals surface area (Å²) >= 11 is 11.8. The second kappa shape index (κ2) is 5.87. The maximum atomic E-state index is 5.95. The van der Waals surface area contributed by atoms with E-state index in [1.807, 2.05) is 18.2 Å². The summed E-state index contributed by atoms with van der Waals surface area (Å²) in [5.74, 6) is 0. The fourth-order valence-corrected chi connectivity index (χ4v) is 2.29. The van der Waals surface area contributed by atoms with Crippen molar-refractivity contribution in [2.75, 3.05) is 13.1 Å². The van der Waals surface area contributed by atoms with Crippen LogP contribution >= 0.6 is 23.2 Å². The van der Waals surface area contributed by atoms with Crippen molar-refractivity contribution in [1.82, 2.24) is 10.6 Å². The molecular weight excluding hydrogens is 243 g/mol. The van der Waals surface area contributed by atoms with Crippen LogP contribution in [0, 0.1) is 0 Å². The van der Waals surface area contributed by atoms with Crippen molar-refractivity contribution in [2.24, 2.45) is 0 Å². The first-order chi connectivity index (χ1) is 7.75. The fraction of sp³-hybridized carbons (Fsp3) is 0.500. The van der Waals surface area contributed by atoms with Gasteiger partial charge in [-0.3, -0.25) is 0 Å². The molecule has 1 aromatic rings. The second-order valence-corrected chi connectivity index (χ2v) is 4.99. The molecule has 2 N–H and O–H groups in total. The summed E-state index contributed by atoms with van der Waals surface area (Å²) in [6, 6.07) is 6.39. The number of nitrogens with one attached hydrogen (secondary N) is 2. The van der Waals surface area contributed by atoms with E-state index in [2.05, 4.69) is 10.6 Å². The van der Waals surface area contributed by atoms with Gasteiger partial charge in [-0.15, -0.1) is 0 Å². The predicted octanol–water partition coefficient (Wildman–Crippen LogP) is 2.84. The highest BCUT2D eigenvalue weighted by atomic mass is 35.5. The van der Waals surface area contributed by atoms with Crippen molar-refractivity contribution in [1.29, 1.82) is 0 Å². The molecule has 1 saturated heterocycles. The quantitative estimate of drug-likeness (QED) is 0.868. The Morgan fingerprint density at radius 2 is 2.19 bits per heavy atom. The van der Waals surface area contributed by atoms with Gasteiger partial charge in [0.1, 0.15) is 0 Å². The van der Waals surface area contributed by atoms with E-state index in [0.29, 0.717) is 16.1 Å². The van der Waals surface area contributed by atoms with Gasteiger partial charge in [-0.2, -0.15) is 0 Å². The van der Waals surface area contributed by atoms with Gasteiger partial charge in [0.15, 0.2) is 0 Å². The van der Waals surface area contributed by atoms with Crippen LogP contribution in [0.2, 0.25) is 10.0 Å². The molecule has 1 aromatic carbocycles. The van der Waals surface area contributed by atoms with Crippen molar-refractivity contribution >= 4 is 23.2 Å². The first-order valence-electron chi connectivity index (χ1n) is 5.64. The Morgan fingerprint density at radius 3 is 2.88 bits per heavy atom. The average molecular weight is 259 g/mol. The van der Waals surface area contributed by atoms with Gasteiger partial charge < -0.3 is 10.6 Å². The lowest BCUT2D eigenvalue weighted by molar-refractivity contribution is 0.536. The van der Waals surface area contributed by atoms with Crippen LogP contribution in [0.5, 0.6) is 0 Å². The molecule has 0 bridgehead atoms. The SMILES string of the molecule is Clc1ccc(CNC[C@H]2CCCN2)cc1Cl. The van der Waals surface area contributed by atoms with Crippen molar-refractivity contribution < 1.29 is 0 Å². The number of halogens is 2. The monoisotopic (exact) mass is 258 g/mol. The zero-order valence-electron chi connectivity index (χ0n) is 9.10. The second-order valence-electron chi connectivity index (χ2n) is 4.17. The van der Waals surface area contributed by atoms with Gasteiger partial charge >= 0.3 is 0 Å². The number of hydrogen-bond donors (Lipinski definition) is 2. The summed E-state index contributed by atoms with van der Waals surface area (Å²) in [6.07, 6.45) is 2.56. The summed E-state index contributed by atoms with van der Waals surface area (Å²) in [4.78, 5) is 0. The van der Waals surface area contributed by atoms with Crippen LogP contribution in [-0.2, 0) is 6.54 Å². The number of rotatable bonds is 4. The molecule has 2 nitrogen and oxygen atoms in total. The van der Waals surface area contributed by atoms with E-state index in [4.69, 9.17) is 23.2 Å². The molecule has 0 radical (unpaired) electrons. The molecule has 0 saturated carbocycles. The summed E-state index contributed by atoms with van der Waals surface area (Å²) in [6.45, 7) is 3.01. The fourth-order valence-electron chi connectivity index (χ4n) is 1.97. The molecule has 0 unspecified atom stereocenters. The third kappa shape index (κ3) is 3.36. The lowest BCUT2D eigenvalue weighted by Gasteiger charge is -2.11. The van der Waals surface area contributed by atoms with E-state index < -0.39 is 0 Å². The Kier molecular flexibility index (Phi) is 4.47. The lowest BCUT2D eigenvalue weighted by atomic mass is 10.2. The van der Waals surface area contributed by atoms with E-state index in [9.17, 15) is 0 Å². The Labute approximate surface area is 106 Å². The normalized spacial score (nSPS) is 20.2. The van der Waals surface area contributed by atoms with E-state index in [1.54, 1.807) is 0 Å². The minimum absolute atomic E-state index is 0.614. The van der Waals surface area contributed by atoms with Crippen LogP contribution in [0.3, 0.4) is 0 Å². The topological polar surface area (TPSA) is 24.1 Å². The molecule has 2 rings (SSSR count). The highest BCUT2D eigenvalue weighted by Gasteiger charge is 2.12. The van der Waals surface area contributed by atoms with Gasteiger partial charge in [0.25, 0.3) is 0 Å². The van der Waals surface area contributed by atoms with Crippen molar-refractivity contribution in [3.05, 3.63) is 33.8 Å². The summed E-state index contributed by atoms with van der Waals surface area (Å²) in [5, 5.41) is 8.12. The Bertz CT molecular complexity index is 349. The van der Waals surface area contributed by atoms with Crippen LogP contribution in [0.15, 0.2) is 18.2 Å². The van der Waals surface area contributed by atoms with E-state index in [0.717, 1.165) is 19.6 Å². The molecule has 4 heteroatoms. The smallest absolute Gasteiger partial charge is 0.0595 e. The molecule has 0 spiro atoms. The molecule has 16 heavy (non-hydrogen) atoms. The van der Waals surface area contributed by atoms with Crippen molar-refractivity contribution in [2.45, 2.75) is 25.4 Å². The Morgan fingerprint density at radius 1 is 1.31 bits per heavy atom. The van der Waals surface area contributed by atoms with Gasteiger partial charge in [0.05, 0.1) is 10.0 Å². The number of benzene rings is 1. The molecule has 88 valence electrons. The molecule has 1 fully saturated rings. The third-order valence-corrected chi connectivity index (χ3v) is 3.61. The Balaban J connectivity index is 1.78. The molecule has 0 aliphatic carbocycles. The average Bonchev–Trinajstić information content (AvgIpc) is 2.76. The van der Waals surface area contributed by atoms with E-state index >= 15 is 0 Å². The lowest BCUT2D eigenvalue weighted by Crippen LogP contribution is -2.33. The molecule has 0 aromatic heterocycles. The molecule has 1 aliphatic rings. The molecule has 1 heterocycles. The summed E-state index contributed by atoms with van der Waals surface area (Å²) in [5.41, 5.74) is 1.17. The van der Waals surface area contributed by atoms with E-state index in [-0.39, 0.29) is 0 Å². The minimum atomic E-state index is 0.614.